The largest absolute Gasteiger partial charge is 0.480 e. The van der Waals surface area contributed by atoms with Gasteiger partial charge in [-0.15, -0.1) is 11.8 Å². The first-order valence-electron chi connectivity index (χ1n) is 7.69. The lowest BCUT2D eigenvalue weighted by Gasteiger charge is -2.27. The van der Waals surface area contributed by atoms with Gasteiger partial charge < -0.3 is 15.3 Å². The highest BCUT2D eigenvalue weighted by molar-refractivity contribution is 7.99. The number of nitrogens with one attached hydrogen (secondary N) is 1. The molecule has 1 heterocycles. The minimum Gasteiger partial charge on any atom is -0.480 e. The molecule has 2 unspecified atom stereocenters. The van der Waals surface area contributed by atoms with E-state index in [-0.39, 0.29) is 23.7 Å². The summed E-state index contributed by atoms with van der Waals surface area (Å²) in [6, 6.07) is -1.47. The average Bonchev–Trinajstić information content (AvgIpc) is 2.93. The topological polar surface area (TPSA) is 86.7 Å². The fraction of sp³-hybridized carbons (Fsp3) is 0.800. The smallest absolute Gasteiger partial charge is 0.326 e. The van der Waals surface area contributed by atoms with Crippen LogP contribution >= 0.6 is 11.8 Å². The van der Waals surface area contributed by atoms with E-state index in [4.69, 9.17) is 0 Å². The fourth-order valence-electron chi connectivity index (χ4n) is 2.30. The summed E-state index contributed by atoms with van der Waals surface area (Å²) in [6.45, 7) is 7.60. The number of rotatable bonds is 7. The Kier molecular flexibility index (Phi) is 7.19. The Labute approximate surface area is 136 Å². The van der Waals surface area contributed by atoms with Crippen molar-refractivity contribution in [1.29, 1.82) is 0 Å². The number of thioether (sulfide) groups is 1. The van der Waals surface area contributed by atoms with Gasteiger partial charge in [-0.25, -0.2) is 4.79 Å². The Morgan fingerprint density at radius 2 is 1.95 bits per heavy atom. The maximum absolute atomic E-state index is 12.4. The molecular weight excluding hydrogens is 304 g/mol. The van der Waals surface area contributed by atoms with Crippen molar-refractivity contribution in [2.75, 3.05) is 11.6 Å². The zero-order valence-corrected chi connectivity index (χ0v) is 14.5. The lowest BCUT2D eigenvalue weighted by molar-refractivity contribution is -0.144. The summed E-state index contributed by atoms with van der Waals surface area (Å²) in [7, 11) is 0. The van der Waals surface area contributed by atoms with E-state index in [2.05, 4.69) is 5.32 Å². The minimum absolute atomic E-state index is 0.0385. The molecule has 1 aliphatic rings. The highest BCUT2D eigenvalue weighted by atomic mass is 32.2. The van der Waals surface area contributed by atoms with Crippen LogP contribution in [0.3, 0.4) is 0 Å². The van der Waals surface area contributed by atoms with Crippen molar-refractivity contribution in [3.05, 3.63) is 0 Å². The van der Waals surface area contributed by atoms with Gasteiger partial charge in [0, 0.05) is 11.7 Å². The fourth-order valence-corrected chi connectivity index (χ4v) is 3.46. The third kappa shape index (κ3) is 4.90. The van der Waals surface area contributed by atoms with Gasteiger partial charge >= 0.3 is 5.97 Å². The lowest BCUT2D eigenvalue weighted by Crippen LogP contribution is -2.52. The van der Waals surface area contributed by atoms with Gasteiger partial charge in [-0.2, -0.15) is 0 Å². The van der Waals surface area contributed by atoms with E-state index >= 15 is 0 Å². The molecule has 126 valence electrons. The molecule has 6 nitrogen and oxygen atoms in total. The molecule has 0 aromatic heterocycles. The number of carbonyl (C=O) groups is 3. The molecule has 1 aliphatic heterocycles. The second kappa shape index (κ2) is 8.41. The first kappa shape index (κ1) is 18.8. The molecule has 7 heteroatoms. The average molecular weight is 330 g/mol. The normalized spacial score (nSPS) is 20.8. The van der Waals surface area contributed by atoms with Gasteiger partial charge in [0.25, 0.3) is 0 Å². The van der Waals surface area contributed by atoms with Gasteiger partial charge in [0.2, 0.25) is 11.8 Å². The molecule has 0 saturated carbocycles. The summed E-state index contributed by atoms with van der Waals surface area (Å²) in [5, 5.41) is 11.8. The molecule has 2 amide bonds. The molecule has 0 aliphatic carbocycles. The number of carboxylic acid groups (broad SMARTS) is 1. The number of amides is 2. The molecule has 1 saturated heterocycles. The first-order chi connectivity index (χ1) is 10.3. The number of nitrogens with zero attached hydrogens (tertiary/aromatic N) is 1. The highest BCUT2D eigenvalue weighted by Gasteiger charge is 2.37. The quantitative estimate of drug-likeness (QED) is 0.739. The Balaban J connectivity index is 2.74. The van der Waals surface area contributed by atoms with E-state index in [1.165, 1.54) is 11.8 Å². The van der Waals surface area contributed by atoms with Crippen LogP contribution in [0.2, 0.25) is 0 Å². The number of hydrogen-bond acceptors (Lipinski definition) is 4. The van der Waals surface area contributed by atoms with Gasteiger partial charge in [0.05, 0.1) is 5.88 Å². The molecule has 0 spiro atoms. The van der Waals surface area contributed by atoms with Crippen molar-refractivity contribution in [2.24, 2.45) is 11.8 Å². The SMILES string of the molecule is CCC(C)C(=O)N1CSCC1C(=O)N[C@H](CC(C)C)C(=O)O. The molecule has 0 aromatic carbocycles. The van der Waals surface area contributed by atoms with Crippen molar-refractivity contribution in [1.82, 2.24) is 10.2 Å². The molecule has 0 aromatic rings. The predicted molar refractivity (Wildman–Crippen MR) is 86.4 cm³/mol. The van der Waals surface area contributed by atoms with Crippen LogP contribution in [0.15, 0.2) is 0 Å². The Hall–Kier alpha value is -1.24. The number of carbonyl (C=O) groups excluding carboxylic acids is 2. The third-order valence-corrected chi connectivity index (χ3v) is 4.84. The van der Waals surface area contributed by atoms with E-state index in [1.54, 1.807) is 4.90 Å². The summed E-state index contributed by atoms with van der Waals surface area (Å²) in [4.78, 5) is 37.5. The molecule has 2 N–H and O–H groups in total. The Morgan fingerprint density at radius 3 is 2.45 bits per heavy atom. The monoisotopic (exact) mass is 330 g/mol. The molecule has 1 rings (SSSR count). The predicted octanol–water partition coefficient (Wildman–Crippen LogP) is 1.55. The third-order valence-electron chi connectivity index (χ3n) is 3.82. The van der Waals surface area contributed by atoms with E-state index in [0.717, 1.165) is 6.42 Å². The maximum atomic E-state index is 12.4. The van der Waals surface area contributed by atoms with E-state index in [9.17, 15) is 19.5 Å². The molecular formula is C15H26N2O4S. The summed E-state index contributed by atoms with van der Waals surface area (Å²) in [5.41, 5.74) is 0. The van der Waals surface area contributed by atoms with E-state index in [1.807, 2.05) is 27.7 Å². The lowest BCUT2D eigenvalue weighted by atomic mass is 10.0. The second-order valence-corrected chi connectivity index (χ2v) is 7.16. The summed E-state index contributed by atoms with van der Waals surface area (Å²) >= 11 is 1.52. The van der Waals surface area contributed by atoms with Crippen LogP contribution in [-0.4, -0.2) is 51.5 Å². The molecule has 0 bridgehead atoms. The minimum atomic E-state index is -1.03. The van der Waals surface area contributed by atoms with Crippen molar-refractivity contribution in [3.63, 3.8) is 0 Å². The van der Waals surface area contributed by atoms with Crippen molar-refractivity contribution >= 4 is 29.5 Å². The zero-order valence-electron chi connectivity index (χ0n) is 13.7. The maximum Gasteiger partial charge on any atom is 0.326 e. The van der Waals surface area contributed by atoms with Gasteiger partial charge in [0.15, 0.2) is 0 Å². The molecule has 0 radical (unpaired) electrons. The summed E-state index contributed by atoms with van der Waals surface area (Å²) < 4.78 is 0. The van der Waals surface area contributed by atoms with Crippen LogP contribution in [0.5, 0.6) is 0 Å². The molecule has 1 fully saturated rings. The number of aliphatic carboxylic acids is 1. The van der Waals surface area contributed by atoms with Crippen molar-refractivity contribution in [3.8, 4) is 0 Å². The van der Waals surface area contributed by atoms with Gasteiger partial charge in [-0.1, -0.05) is 27.7 Å². The summed E-state index contributed by atoms with van der Waals surface area (Å²) in [5.74, 6) is -0.395. The van der Waals surface area contributed by atoms with Gasteiger partial charge in [-0.05, 0) is 18.8 Å². The van der Waals surface area contributed by atoms with Gasteiger partial charge in [-0.3, -0.25) is 9.59 Å². The summed E-state index contributed by atoms with van der Waals surface area (Å²) in [6.07, 6.45) is 1.10. The van der Waals surface area contributed by atoms with E-state index in [0.29, 0.717) is 18.1 Å². The number of hydrogen-bond donors (Lipinski definition) is 2. The standard InChI is InChI=1S/C15H26N2O4S/c1-5-10(4)14(19)17-8-22-7-12(17)13(18)16-11(15(20)21)6-9(2)3/h9-12H,5-8H2,1-4H3,(H,16,18)(H,20,21)/t10?,11-,12?/m1/s1. The van der Waals surface area contributed by atoms with Crippen LogP contribution in [0.1, 0.15) is 40.5 Å². The molecule has 3 atom stereocenters. The Morgan fingerprint density at radius 1 is 1.32 bits per heavy atom. The van der Waals surface area contributed by atoms with Crippen LogP contribution in [0.25, 0.3) is 0 Å². The van der Waals surface area contributed by atoms with Crippen LogP contribution in [0, 0.1) is 11.8 Å². The first-order valence-corrected chi connectivity index (χ1v) is 8.84. The Bertz CT molecular complexity index is 428. The van der Waals surface area contributed by atoms with Crippen molar-refractivity contribution < 1.29 is 19.5 Å². The van der Waals surface area contributed by atoms with Crippen LogP contribution in [0.4, 0.5) is 0 Å². The second-order valence-electron chi connectivity index (χ2n) is 6.16. The highest BCUT2D eigenvalue weighted by Crippen LogP contribution is 2.24. The molecule has 22 heavy (non-hydrogen) atoms. The van der Waals surface area contributed by atoms with Gasteiger partial charge in [0.1, 0.15) is 12.1 Å². The van der Waals surface area contributed by atoms with Crippen molar-refractivity contribution in [2.45, 2.75) is 52.6 Å². The van der Waals surface area contributed by atoms with Crippen LogP contribution in [-0.2, 0) is 14.4 Å². The van der Waals surface area contributed by atoms with E-state index < -0.39 is 18.1 Å². The zero-order chi connectivity index (χ0) is 16.9. The number of carboxylic acids is 1. The van der Waals surface area contributed by atoms with Crippen LogP contribution < -0.4 is 5.32 Å².